The van der Waals surface area contributed by atoms with Crippen LogP contribution in [0.4, 0.5) is 15.5 Å². The van der Waals surface area contributed by atoms with Crippen molar-refractivity contribution in [1.82, 2.24) is 4.90 Å². The number of amides is 3. The second-order valence-electron chi connectivity index (χ2n) is 11.1. The van der Waals surface area contributed by atoms with E-state index in [1.165, 1.54) is 30.2 Å². The average molecular weight is 640 g/mol. The summed E-state index contributed by atoms with van der Waals surface area (Å²) < 4.78 is 15.8. The first-order chi connectivity index (χ1) is 20.9. The number of nitrogens with one attached hydrogen (secondary N) is 2. The van der Waals surface area contributed by atoms with E-state index in [0.29, 0.717) is 47.0 Å². The molecule has 0 aliphatic carbocycles. The number of esters is 1. The van der Waals surface area contributed by atoms with Gasteiger partial charge in [0.25, 0.3) is 5.91 Å². The van der Waals surface area contributed by atoms with Gasteiger partial charge in [0.2, 0.25) is 5.91 Å². The Balaban J connectivity index is 1.48. The van der Waals surface area contributed by atoms with Crippen molar-refractivity contribution < 1.29 is 33.4 Å². The molecule has 2 heterocycles. The number of anilines is 2. The number of rotatable bonds is 9. The zero-order chi connectivity index (χ0) is 32.0. The van der Waals surface area contributed by atoms with Crippen LogP contribution in [0.1, 0.15) is 65.3 Å². The number of methoxy groups -OCH3 is 2. The first-order valence-electron chi connectivity index (χ1n) is 14.2. The molecule has 0 fully saturated rings. The lowest BCUT2D eigenvalue weighted by atomic mass is 10.0. The molecule has 1 unspecified atom stereocenters. The number of ether oxygens (including phenoxy) is 3. The second kappa shape index (κ2) is 14.2. The molecule has 2 N–H and O–H groups in total. The molecule has 234 valence electrons. The van der Waals surface area contributed by atoms with Crippen molar-refractivity contribution in [1.29, 1.82) is 0 Å². The first-order valence-corrected chi connectivity index (χ1v) is 15.9. The van der Waals surface area contributed by atoms with E-state index in [1.54, 1.807) is 42.3 Å². The van der Waals surface area contributed by atoms with E-state index in [0.717, 1.165) is 15.3 Å². The van der Waals surface area contributed by atoms with Crippen LogP contribution >= 0.6 is 23.1 Å². The molecule has 44 heavy (non-hydrogen) atoms. The van der Waals surface area contributed by atoms with Crippen LogP contribution in [-0.2, 0) is 27.2 Å². The summed E-state index contributed by atoms with van der Waals surface area (Å²) in [5.41, 5.74) is 1.52. The maximum atomic E-state index is 13.5. The molecule has 0 saturated carbocycles. The fourth-order valence-corrected chi connectivity index (χ4v) is 6.85. The molecule has 1 atom stereocenters. The van der Waals surface area contributed by atoms with Gasteiger partial charge in [-0.15, -0.1) is 23.1 Å². The van der Waals surface area contributed by atoms with Gasteiger partial charge in [-0.2, -0.15) is 0 Å². The van der Waals surface area contributed by atoms with E-state index in [1.807, 2.05) is 45.9 Å². The van der Waals surface area contributed by atoms with Gasteiger partial charge in [0.05, 0.1) is 31.6 Å². The molecule has 1 aliphatic heterocycles. The van der Waals surface area contributed by atoms with E-state index in [-0.39, 0.29) is 18.4 Å². The summed E-state index contributed by atoms with van der Waals surface area (Å²) in [7, 11) is 2.85. The van der Waals surface area contributed by atoms with Crippen molar-refractivity contribution in [2.75, 3.05) is 31.4 Å². The largest absolute Gasteiger partial charge is 0.497 e. The smallest absolute Gasteiger partial charge is 0.410 e. The molecule has 1 aromatic heterocycles. The van der Waals surface area contributed by atoms with Crippen molar-refractivity contribution in [2.45, 2.75) is 62.8 Å². The van der Waals surface area contributed by atoms with Gasteiger partial charge in [-0.05, 0) is 75.6 Å². The highest BCUT2D eigenvalue weighted by atomic mass is 32.2. The fraction of sp³-hybridized carbons (Fsp3) is 0.375. The lowest BCUT2D eigenvalue weighted by molar-refractivity contribution is -0.115. The molecule has 3 amide bonds. The lowest BCUT2D eigenvalue weighted by Gasteiger charge is -2.30. The Hall–Kier alpha value is -4.03. The predicted octanol–water partition coefficient (Wildman–Crippen LogP) is 6.60. The lowest BCUT2D eigenvalue weighted by Crippen LogP contribution is -2.39. The zero-order valence-electron chi connectivity index (χ0n) is 25.6. The van der Waals surface area contributed by atoms with E-state index in [9.17, 15) is 19.2 Å². The summed E-state index contributed by atoms with van der Waals surface area (Å²) in [5, 5.41) is 5.77. The van der Waals surface area contributed by atoms with Gasteiger partial charge in [0.15, 0.2) is 0 Å². The van der Waals surface area contributed by atoms with E-state index >= 15 is 0 Å². The van der Waals surface area contributed by atoms with Crippen molar-refractivity contribution >= 4 is 57.7 Å². The summed E-state index contributed by atoms with van der Waals surface area (Å²) in [5.74, 6) is -0.501. The van der Waals surface area contributed by atoms with Crippen molar-refractivity contribution in [3.8, 4) is 5.75 Å². The van der Waals surface area contributed by atoms with Gasteiger partial charge in [0.1, 0.15) is 16.4 Å². The molecule has 0 radical (unpaired) electrons. The molecule has 0 bridgehead atoms. The topological polar surface area (TPSA) is 123 Å². The van der Waals surface area contributed by atoms with Gasteiger partial charge in [-0.3, -0.25) is 9.59 Å². The molecule has 1 aliphatic rings. The molecule has 0 saturated heterocycles. The van der Waals surface area contributed by atoms with Crippen LogP contribution in [0, 0.1) is 0 Å². The summed E-state index contributed by atoms with van der Waals surface area (Å²) in [6.07, 6.45) is 0.527. The van der Waals surface area contributed by atoms with Gasteiger partial charge >= 0.3 is 12.1 Å². The van der Waals surface area contributed by atoms with E-state index in [2.05, 4.69) is 10.6 Å². The average Bonchev–Trinajstić information content (AvgIpc) is 3.35. The maximum absolute atomic E-state index is 13.5. The minimum atomic E-state index is -0.628. The summed E-state index contributed by atoms with van der Waals surface area (Å²) in [4.78, 5) is 55.0. The first kappa shape index (κ1) is 32.9. The van der Waals surface area contributed by atoms with Crippen molar-refractivity contribution in [3.05, 3.63) is 70.1 Å². The number of nitrogens with zero attached hydrogens (tertiary/aromatic N) is 1. The van der Waals surface area contributed by atoms with Crippen molar-refractivity contribution in [3.63, 3.8) is 0 Å². The SMILES string of the molecule is CCC(Sc1cccc(NC(=O)c2cccc(OC)c2)c1)C(=O)Nc1sc2c(c1C(=O)OC)CCN(C(=O)OC(C)(C)C)C2. The van der Waals surface area contributed by atoms with E-state index < -0.39 is 22.9 Å². The van der Waals surface area contributed by atoms with Crippen LogP contribution in [0.5, 0.6) is 5.75 Å². The van der Waals surface area contributed by atoms with Gasteiger partial charge in [-0.1, -0.05) is 19.1 Å². The standard InChI is InChI=1S/C32H37N3O7S2/c1-7-24(43-22-13-9-11-20(17-22)33-27(36)19-10-8-12-21(16-19)40-5)28(37)34-29-26(30(38)41-6)23-14-15-35(18-25(23)44-29)31(39)42-32(2,3)4/h8-13,16-17,24H,7,14-15,18H2,1-6H3,(H,33,36)(H,34,37). The van der Waals surface area contributed by atoms with Gasteiger partial charge < -0.3 is 29.7 Å². The van der Waals surface area contributed by atoms with Crippen LogP contribution in [0.3, 0.4) is 0 Å². The number of benzene rings is 2. The molecule has 2 aromatic carbocycles. The van der Waals surface area contributed by atoms with E-state index in [4.69, 9.17) is 14.2 Å². The molecule has 4 rings (SSSR count). The monoisotopic (exact) mass is 639 g/mol. The minimum Gasteiger partial charge on any atom is -0.497 e. The Morgan fingerprint density at radius 3 is 2.48 bits per heavy atom. The summed E-state index contributed by atoms with van der Waals surface area (Å²) in [6.45, 7) is 8.00. The molecule has 10 nitrogen and oxygen atoms in total. The number of hydrogen-bond acceptors (Lipinski definition) is 9. The van der Waals surface area contributed by atoms with Gasteiger partial charge in [-0.25, -0.2) is 9.59 Å². The number of hydrogen-bond donors (Lipinski definition) is 2. The zero-order valence-corrected chi connectivity index (χ0v) is 27.3. The highest BCUT2D eigenvalue weighted by Crippen LogP contribution is 2.39. The maximum Gasteiger partial charge on any atom is 0.410 e. The Morgan fingerprint density at radius 2 is 1.80 bits per heavy atom. The minimum absolute atomic E-state index is 0.268. The highest BCUT2D eigenvalue weighted by Gasteiger charge is 2.33. The quantitative estimate of drug-likeness (QED) is 0.198. The molecule has 0 spiro atoms. The number of thioether (sulfide) groups is 1. The number of fused-ring (bicyclic) bond motifs is 1. The van der Waals surface area contributed by atoms with Crippen LogP contribution in [0.2, 0.25) is 0 Å². The van der Waals surface area contributed by atoms with Gasteiger partial charge in [0, 0.05) is 27.6 Å². The number of thiophene rings is 1. The molecule has 3 aromatic rings. The Bertz CT molecular complexity index is 1550. The summed E-state index contributed by atoms with van der Waals surface area (Å²) in [6, 6.07) is 14.2. The van der Waals surface area contributed by atoms with Crippen LogP contribution < -0.4 is 15.4 Å². The number of carbonyl (C=O) groups excluding carboxylic acids is 4. The number of carbonyl (C=O) groups is 4. The van der Waals surface area contributed by atoms with Crippen LogP contribution in [0.15, 0.2) is 53.4 Å². The Morgan fingerprint density at radius 1 is 1.05 bits per heavy atom. The third-order valence-corrected chi connectivity index (χ3v) is 9.19. The van der Waals surface area contributed by atoms with Crippen molar-refractivity contribution in [2.24, 2.45) is 0 Å². The third-order valence-electron chi connectivity index (χ3n) is 6.70. The highest BCUT2D eigenvalue weighted by molar-refractivity contribution is 8.00. The molecular formula is C32H37N3O7S2. The van der Waals surface area contributed by atoms with Crippen LogP contribution in [0.25, 0.3) is 0 Å². The molecular weight excluding hydrogens is 603 g/mol. The third kappa shape index (κ3) is 8.11. The second-order valence-corrected chi connectivity index (χ2v) is 13.5. The Labute approximate surface area is 265 Å². The molecule has 12 heteroatoms. The predicted molar refractivity (Wildman–Crippen MR) is 172 cm³/mol. The normalized spacial score (nSPS) is 13.4. The van der Waals surface area contributed by atoms with Crippen LogP contribution in [-0.4, -0.2) is 60.4 Å². The summed E-state index contributed by atoms with van der Waals surface area (Å²) >= 11 is 2.63. The Kier molecular flexibility index (Phi) is 10.6. The fourth-order valence-electron chi connectivity index (χ4n) is 4.59.